The fourth-order valence-electron chi connectivity index (χ4n) is 4.09. The molecule has 0 unspecified atom stereocenters. The highest BCUT2D eigenvalue weighted by atomic mass is 16.5. The van der Waals surface area contributed by atoms with Crippen LogP contribution in [0.4, 0.5) is 0 Å². The minimum atomic E-state index is -0.156. The van der Waals surface area contributed by atoms with Crippen LogP contribution in [-0.2, 0) is 20.0 Å². The van der Waals surface area contributed by atoms with Crippen molar-refractivity contribution in [2.24, 2.45) is 13.0 Å². The van der Waals surface area contributed by atoms with Gasteiger partial charge in [-0.25, -0.2) is 0 Å². The zero-order valence-electron chi connectivity index (χ0n) is 18.3. The molecule has 32 heavy (non-hydrogen) atoms. The normalized spacial score (nSPS) is 14.4. The van der Waals surface area contributed by atoms with Crippen LogP contribution in [0.3, 0.4) is 0 Å². The average molecular weight is 438 g/mol. The zero-order valence-corrected chi connectivity index (χ0v) is 18.3. The van der Waals surface area contributed by atoms with Crippen molar-refractivity contribution in [3.05, 3.63) is 65.3 Å². The Bertz CT molecular complexity index is 1070. The molecule has 9 nitrogen and oxygen atoms in total. The maximum Gasteiger partial charge on any atom is 0.292 e. The Kier molecular flexibility index (Phi) is 6.53. The van der Waals surface area contributed by atoms with E-state index in [1.165, 1.54) is 6.20 Å². The fraction of sp³-hybridized carbons (Fsp3) is 0.391. The van der Waals surface area contributed by atoms with Crippen molar-refractivity contribution in [2.45, 2.75) is 25.8 Å². The van der Waals surface area contributed by atoms with Crippen LogP contribution in [0, 0.1) is 5.92 Å². The van der Waals surface area contributed by atoms with Crippen molar-refractivity contribution >= 4 is 11.8 Å². The third-order valence-corrected chi connectivity index (χ3v) is 5.81. The summed E-state index contributed by atoms with van der Waals surface area (Å²) in [6, 6.07) is 9.19. The minimum absolute atomic E-state index is 0.129. The van der Waals surface area contributed by atoms with E-state index in [-0.39, 0.29) is 17.6 Å². The number of aryl methyl sites for hydroxylation is 1. The van der Waals surface area contributed by atoms with E-state index < -0.39 is 0 Å². The molecule has 9 heteroatoms. The molecule has 0 saturated carbocycles. The number of benzene rings is 1. The van der Waals surface area contributed by atoms with E-state index in [0.717, 1.165) is 29.8 Å². The smallest absolute Gasteiger partial charge is 0.292 e. The molecule has 1 aromatic carbocycles. The summed E-state index contributed by atoms with van der Waals surface area (Å²) < 4.78 is 12.0. The van der Waals surface area contributed by atoms with E-state index in [4.69, 9.17) is 9.26 Å². The predicted octanol–water partition coefficient (Wildman–Crippen LogP) is 2.44. The molecule has 3 aromatic rings. The first-order chi connectivity index (χ1) is 15.5. The van der Waals surface area contributed by atoms with Gasteiger partial charge in [-0.1, -0.05) is 23.4 Å². The Labute approximate surface area is 186 Å². The maximum atomic E-state index is 12.9. The number of amides is 2. The van der Waals surface area contributed by atoms with Crippen LogP contribution in [-0.4, -0.2) is 51.9 Å². The maximum absolute atomic E-state index is 12.9. The summed E-state index contributed by atoms with van der Waals surface area (Å²) in [6.07, 6.45) is 5.62. The summed E-state index contributed by atoms with van der Waals surface area (Å²) in [6.45, 7) is 1.66. The van der Waals surface area contributed by atoms with Crippen LogP contribution in [0.5, 0.6) is 5.75 Å². The van der Waals surface area contributed by atoms with E-state index in [1.54, 1.807) is 29.0 Å². The molecular weight excluding hydrogens is 410 g/mol. The zero-order chi connectivity index (χ0) is 22.5. The van der Waals surface area contributed by atoms with E-state index in [9.17, 15) is 9.59 Å². The molecule has 2 amide bonds. The number of likely N-dealkylation sites (tertiary alicyclic amines) is 1. The Balaban J connectivity index is 1.35. The van der Waals surface area contributed by atoms with Gasteiger partial charge in [0.25, 0.3) is 11.8 Å². The van der Waals surface area contributed by atoms with Gasteiger partial charge in [0.1, 0.15) is 5.75 Å². The van der Waals surface area contributed by atoms with Gasteiger partial charge in [-0.3, -0.25) is 14.3 Å². The second-order valence-corrected chi connectivity index (χ2v) is 7.97. The van der Waals surface area contributed by atoms with Gasteiger partial charge in [0.15, 0.2) is 0 Å². The van der Waals surface area contributed by atoms with Crippen molar-refractivity contribution in [2.75, 3.05) is 20.2 Å². The molecule has 0 bridgehead atoms. The molecule has 1 aliphatic rings. The Morgan fingerprint density at radius 1 is 1.22 bits per heavy atom. The standard InChI is InChI=1S/C23H27N5O4/c1-27-15-18(22(29)24-14-17-5-3-4-6-20(17)31-2)19(26-27)13-16-8-11-28(12-9-16)23(30)21-7-10-25-32-21/h3-7,10,15-16H,8-9,11-14H2,1-2H3,(H,24,29). The van der Waals surface area contributed by atoms with Gasteiger partial charge in [0.2, 0.25) is 5.76 Å². The number of rotatable bonds is 7. The number of piperidine rings is 1. The lowest BCUT2D eigenvalue weighted by molar-refractivity contribution is 0.0648. The Morgan fingerprint density at radius 3 is 2.72 bits per heavy atom. The second kappa shape index (κ2) is 9.67. The molecule has 0 aliphatic carbocycles. The lowest BCUT2D eigenvalue weighted by Crippen LogP contribution is -2.39. The second-order valence-electron chi connectivity index (χ2n) is 7.97. The number of carbonyl (C=O) groups is 2. The van der Waals surface area contributed by atoms with Crippen LogP contribution in [0.1, 0.15) is 45.0 Å². The van der Waals surface area contributed by atoms with Gasteiger partial charge in [-0.05, 0) is 31.2 Å². The number of hydrogen-bond acceptors (Lipinski definition) is 6. The molecule has 0 radical (unpaired) electrons. The summed E-state index contributed by atoms with van der Waals surface area (Å²) in [7, 11) is 3.43. The molecule has 0 atom stereocenters. The van der Waals surface area contributed by atoms with Crippen LogP contribution >= 0.6 is 0 Å². The van der Waals surface area contributed by atoms with E-state index in [1.807, 2.05) is 31.3 Å². The predicted molar refractivity (Wildman–Crippen MR) is 116 cm³/mol. The van der Waals surface area contributed by atoms with Crippen molar-refractivity contribution in [1.29, 1.82) is 0 Å². The lowest BCUT2D eigenvalue weighted by Gasteiger charge is -2.31. The third-order valence-electron chi connectivity index (χ3n) is 5.81. The molecule has 2 aromatic heterocycles. The van der Waals surface area contributed by atoms with Gasteiger partial charge < -0.3 is 19.5 Å². The van der Waals surface area contributed by atoms with Crippen LogP contribution in [0.15, 0.2) is 47.2 Å². The first-order valence-electron chi connectivity index (χ1n) is 10.7. The topological polar surface area (TPSA) is 102 Å². The van der Waals surface area contributed by atoms with Gasteiger partial charge >= 0.3 is 0 Å². The highest BCUT2D eigenvalue weighted by Gasteiger charge is 2.27. The Hall–Kier alpha value is -3.62. The van der Waals surface area contributed by atoms with Crippen LogP contribution in [0.25, 0.3) is 0 Å². The van der Waals surface area contributed by atoms with E-state index in [2.05, 4.69) is 15.6 Å². The van der Waals surface area contributed by atoms with Crippen molar-refractivity contribution < 1.29 is 18.8 Å². The summed E-state index contributed by atoms with van der Waals surface area (Å²) in [5, 5.41) is 11.1. The van der Waals surface area contributed by atoms with E-state index >= 15 is 0 Å². The van der Waals surface area contributed by atoms with Gasteiger partial charge in [-0.15, -0.1) is 0 Å². The largest absolute Gasteiger partial charge is 0.496 e. The number of nitrogens with zero attached hydrogens (tertiary/aromatic N) is 4. The highest BCUT2D eigenvalue weighted by molar-refractivity contribution is 5.95. The van der Waals surface area contributed by atoms with E-state index in [0.29, 0.717) is 37.5 Å². The number of ether oxygens (including phenoxy) is 1. The third kappa shape index (κ3) is 4.82. The molecule has 1 saturated heterocycles. The number of hydrogen-bond donors (Lipinski definition) is 1. The minimum Gasteiger partial charge on any atom is -0.496 e. The first kappa shape index (κ1) is 21.6. The Morgan fingerprint density at radius 2 is 2.00 bits per heavy atom. The monoisotopic (exact) mass is 437 g/mol. The van der Waals surface area contributed by atoms with Crippen molar-refractivity contribution in [3.63, 3.8) is 0 Å². The first-order valence-corrected chi connectivity index (χ1v) is 10.7. The molecule has 168 valence electrons. The van der Waals surface area contributed by atoms with Crippen molar-refractivity contribution in [1.82, 2.24) is 25.2 Å². The highest BCUT2D eigenvalue weighted by Crippen LogP contribution is 2.24. The number of nitrogens with one attached hydrogen (secondary N) is 1. The SMILES string of the molecule is COc1ccccc1CNC(=O)c1cn(C)nc1CC1CCN(C(=O)c2ccno2)CC1. The summed E-state index contributed by atoms with van der Waals surface area (Å²) in [5.41, 5.74) is 2.28. The fourth-order valence-corrected chi connectivity index (χ4v) is 4.09. The number of methoxy groups -OCH3 is 1. The van der Waals surface area contributed by atoms with Gasteiger partial charge in [0, 0.05) is 44.5 Å². The summed E-state index contributed by atoms with van der Waals surface area (Å²) in [4.78, 5) is 27.1. The number of para-hydroxylation sites is 1. The molecular formula is C23H27N5O4. The quantitative estimate of drug-likeness (QED) is 0.609. The van der Waals surface area contributed by atoms with Gasteiger partial charge in [0.05, 0.1) is 24.6 Å². The van der Waals surface area contributed by atoms with Gasteiger partial charge in [-0.2, -0.15) is 5.10 Å². The lowest BCUT2D eigenvalue weighted by atomic mass is 9.91. The molecule has 3 heterocycles. The number of carbonyl (C=O) groups excluding carboxylic acids is 2. The summed E-state index contributed by atoms with van der Waals surface area (Å²) >= 11 is 0. The molecule has 0 spiro atoms. The molecule has 1 fully saturated rings. The average Bonchev–Trinajstić information content (AvgIpc) is 3.48. The number of aromatic nitrogens is 3. The summed E-state index contributed by atoms with van der Waals surface area (Å²) in [5.74, 6) is 1.07. The van der Waals surface area contributed by atoms with Crippen LogP contribution in [0.2, 0.25) is 0 Å². The van der Waals surface area contributed by atoms with Crippen molar-refractivity contribution in [3.8, 4) is 5.75 Å². The molecule has 1 N–H and O–H groups in total. The molecule has 1 aliphatic heterocycles. The molecule has 4 rings (SSSR count). The van der Waals surface area contributed by atoms with Crippen LogP contribution < -0.4 is 10.1 Å².